The SMILES string of the molecule is CCc1cc2c(NC(CC)c3nc4ccccc4[nH]3)ncnc2s1. The molecule has 3 heterocycles. The van der Waals surface area contributed by atoms with Gasteiger partial charge < -0.3 is 10.3 Å². The highest BCUT2D eigenvalue weighted by molar-refractivity contribution is 7.18. The van der Waals surface area contributed by atoms with Crippen LogP contribution in [0.4, 0.5) is 5.82 Å². The maximum atomic E-state index is 4.72. The number of aromatic amines is 1. The first-order valence-electron chi connectivity index (χ1n) is 8.23. The van der Waals surface area contributed by atoms with Gasteiger partial charge in [-0.05, 0) is 31.0 Å². The topological polar surface area (TPSA) is 66.5 Å². The maximum absolute atomic E-state index is 4.72. The number of thiophene rings is 1. The van der Waals surface area contributed by atoms with E-state index < -0.39 is 0 Å². The summed E-state index contributed by atoms with van der Waals surface area (Å²) >= 11 is 1.73. The molecule has 0 aliphatic rings. The molecule has 122 valence electrons. The van der Waals surface area contributed by atoms with Crippen molar-refractivity contribution in [1.82, 2.24) is 19.9 Å². The van der Waals surface area contributed by atoms with Crippen molar-refractivity contribution in [3.63, 3.8) is 0 Å². The quantitative estimate of drug-likeness (QED) is 0.554. The summed E-state index contributed by atoms with van der Waals surface area (Å²) < 4.78 is 0. The number of imidazole rings is 1. The average molecular weight is 337 g/mol. The minimum absolute atomic E-state index is 0.0838. The van der Waals surface area contributed by atoms with Gasteiger partial charge in [0.2, 0.25) is 0 Å². The number of hydrogen-bond acceptors (Lipinski definition) is 5. The van der Waals surface area contributed by atoms with E-state index in [0.717, 1.165) is 45.7 Å². The Labute approximate surface area is 144 Å². The van der Waals surface area contributed by atoms with Gasteiger partial charge in [-0.1, -0.05) is 26.0 Å². The summed E-state index contributed by atoms with van der Waals surface area (Å²) in [7, 11) is 0. The van der Waals surface area contributed by atoms with Gasteiger partial charge in [-0.25, -0.2) is 15.0 Å². The summed E-state index contributed by atoms with van der Waals surface area (Å²) in [6, 6.07) is 10.4. The van der Waals surface area contributed by atoms with E-state index >= 15 is 0 Å². The van der Waals surface area contributed by atoms with Gasteiger partial charge in [-0.3, -0.25) is 0 Å². The molecule has 0 aliphatic carbocycles. The van der Waals surface area contributed by atoms with Crippen LogP contribution in [0.1, 0.15) is 37.0 Å². The number of aryl methyl sites for hydroxylation is 1. The second kappa shape index (κ2) is 6.20. The first kappa shape index (κ1) is 15.1. The highest BCUT2D eigenvalue weighted by Gasteiger charge is 2.16. The lowest BCUT2D eigenvalue weighted by molar-refractivity contribution is 0.704. The lowest BCUT2D eigenvalue weighted by Gasteiger charge is -2.15. The number of anilines is 1. The van der Waals surface area contributed by atoms with E-state index in [4.69, 9.17) is 4.98 Å². The molecule has 2 N–H and O–H groups in total. The maximum Gasteiger partial charge on any atom is 0.138 e. The van der Waals surface area contributed by atoms with Crippen LogP contribution in [-0.2, 0) is 6.42 Å². The van der Waals surface area contributed by atoms with Gasteiger partial charge in [0, 0.05) is 4.88 Å². The zero-order chi connectivity index (χ0) is 16.5. The van der Waals surface area contributed by atoms with Crippen molar-refractivity contribution in [3.05, 3.63) is 47.4 Å². The van der Waals surface area contributed by atoms with Crippen molar-refractivity contribution in [2.75, 3.05) is 5.32 Å². The van der Waals surface area contributed by atoms with Crippen LogP contribution in [0.25, 0.3) is 21.3 Å². The Bertz CT molecular complexity index is 954. The molecule has 0 radical (unpaired) electrons. The molecule has 3 aromatic heterocycles. The third kappa shape index (κ3) is 2.63. The van der Waals surface area contributed by atoms with E-state index in [1.807, 2.05) is 24.3 Å². The summed E-state index contributed by atoms with van der Waals surface area (Å²) in [5, 5.41) is 4.64. The first-order chi connectivity index (χ1) is 11.8. The van der Waals surface area contributed by atoms with E-state index in [-0.39, 0.29) is 6.04 Å². The number of fused-ring (bicyclic) bond motifs is 2. The number of nitrogens with one attached hydrogen (secondary N) is 2. The summed E-state index contributed by atoms with van der Waals surface area (Å²) in [5.74, 6) is 1.82. The van der Waals surface area contributed by atoms with Gasteiger partial charge in [0.15, 0.2) is 0 Å². The molecule has 0 aliphatic heterocycles. The second-order valence-electron chi connectivity index (χ2n) is 5.75. The van der Waals surface area contributed by atoms with Gasteiger partial charge in [-0.2, -0.15) is 0 Å². The van der Waals surface area contributed by atoms with Crippen molar-refractivity contribution in [3.8, 4) is 0 Å². The van der Waals surface area contributed by atoms with Crippen LogP contribution < -0.4 is 5.32 Å². The fraction of sp³-hybridized carbons (Fsp3) is 0.278. The zero-order valence-corrected chi connectivity index (χ0v) is 14.5. The van der Waals surface area contributed by atoms with Crippen LogP contribution in [0.15, 0.2) is 36.7 Å². The van der Waals surface area contributed by atoms with Crippen LogP contribution in [0.3, 0.4) is 0 Å². The van der Waals surface area contributed by atoms with Gasteiger partial charge in [0.25, 0.3) is 0 Å². The van der Waals surface area contributed by atoms with Gasteiger partial charge in [-0.15, -0.1) is 11.3 Å². The molecule has 0 fully saturated rings. The molecule has 4 rings (SSSR count). The highest BCUT2D eigenvalue weighted by atomic mass is 32.1. The Kier molecular flexibility index (Phi) is 3.90. The van der Waals surface area contributed by atoms with Crippen molar-refractivity contribution in [1.29, 1.82) is 0 Å². The van der Waals surface area contributed by atoms with Crippen LogP contribution in [0.2, 0.25) is 0 Å². The van der Waals surface area contributed by atoms with E-state index in [2.05, 4.69) is 40.2 Å². The number of rotatable bonds is 5. The molecule has 0 saturated carbocycles. The summed E-state index contributed by atoms with van der Waals surface area (Å²) in [6.07, 6.45) is 3.56. The third-order valence-corrected chi connectivity index (χ3v) is 5.37. The van der Waals surface area contributed by atoms with E-state index in [0.29, 0.717) is 0 Å². The minimum Gasteiger partial charge on any atom is -0.359 e. The standard InChI is InChI=1S/C18H19N5S/c1-3-11-9-12-16(19-10-20-18(12)24-11)21-13(4-2)17-22-14-7-5-6-8-15(14)23-17/h5-10,13H,3-4H2,1-2H3,(H,22,23)(H,19,20,21). The normalized spacial score (nSPS) is 12.8. The van der Waals surface area contributed by atoms with Crippen LogP contribution in [0, 0.1) is 0 Å². The molecule has 0 saturated heterocycles. The highest BCUT2D eigenvalue weighted by Crippen LogP contribution is 2.31. The van der Waals surface area contributed by atoms with Gasteiger partial charge in [0.1, 0.15) is 22.8 Å². The Balaban J connectivity index is 1.70. The second-order valence-corrected chi connectivity index (χ2v) is 6.87. The monoisotopic (exact) mass is 337 g/mol. The molecule has 1 atom stereocenters. The van der Waals surface area contributed by atoms with Crippen molar-refractivity contribution in [2.45, 2.75) is 32.7 Å². The van der Waals surface area contributed by atoms with Crippen LogP contribution in [0.5, 0.6) is 0 Å². The molecule has 0 bridgehead atoms. The smallest absolute Gasteiger partial charge is 0.138 e. The third-order valence-electron chi connectivity index (χ3n) is 4.19. The van der Waals surface area contributed by atoms with Crippen molar-refractivity contribution >= 4 is 38.4 Å². The van der Waals surface area contributed by atoms with E-state index in [9.17, 15) is 0 Å². The van der Waals surface area contributed by atoms with Gasteiger partial charge in [0.05, 0.1) is 22.5 Å². The Morgan fingerprint density at radius 3 is 2.88 bits per heavy atom. The predicted octanol–water partition coefficient (Wildman–Crippen LogP) is 4.69. The molecule has 6 heteroatoms. The molecule has 5 nitrogen and oxygen atoms in total. The Hall–Kier alpha value is -2.47. The largest absolute Gasteiger partial charge is 0.359 e. The van der Waals surface area contributed by atoms with Crippen molar-refractivity contribution in [2.24, 2.45) is 0 Å². The number of aromatic nitrogens is 4. The fourth-order valence-corrected chi connectivity index (χ4v) is 3.80. The number of para-hydroxylation sites is 2. The molecular weight excluding hydrogens is 318 g/mol. The molecule has 4 aromatic rings. The fourth-order valence-electron chi connectivity index (χ4n) is 2.86. The average Bonchev–Trinajstić information content (AvgIpc) is 3.23. The van der Waals surface area contributed by atoms with Gasteiger partial charge >= 0.3 is 0 Å². The number of benzene rings is 1. The first-order valence-corrected chi connectivity index (χ1v) is 9.04. The molecule has 1 aromatic carbocycles. The molecule has 24 heavy (non-hydrogen) atoms. The van der Waals surface area contributed by atoms with Crippen molar-refractivity contribution < 1.29 is 0 Å². The Morgan fingerprint density at radius 2 is 2.08 bits per heavy atom. The van der Waals surface area contributed by atoms with E-state index in [1.165, 1.54) is 4.88 Å². The molecule has 1 unspecified atom stereocenters. The minimum atomic E-state index is 0.0838. The molecule has 0 amide bonds. The summed E-state index contributed by atoms with van der Waals surface area (Å²) in [4.78, 5) is 19.4. The van der Waals surface area contributed by atoms with Crippen LogP contribution in [-0.4, -0.2) is 19.9 Å². The number of H-pyrrole nitrogens is 1. The lowest BCUT2D eigenvalue weighted by Crippen LogP contribution is -2.12. The number of nitrogens with zero attached hydrogens (tertiary/aromatic N) is 3. The predicted molar refractivity (Wildman–Crippen MR) is 99.5 cm³/mol. The molecular formula is C18H19N5S. The number of hydrogen-bond donors (Lipinski definition) is 2. The zero-order valence-electron chi connectivity index (χ0n) is 13.7. The molecule has 0 spiro atoms. The van der Waals surface area contributed by atoms with Crippen LogP contribution >= 0.6 is 11.3 Å². The van der Waals surface area contributed by atoms with E-state index in [1.54, 1.807) is 17.7 Å². The lowest BCUT2D eigenvalue weighted by atomic mass is 10.2. The summed E-state index contributed by atoms with van der Waals surface area (Å²) in [5.41, 5.74) is 2.05. The summed E-state index contributed by atoms with van der Waals surface area (Å²) in [6.45, 7) is 4.31. The Morgan fingerprint density at radius 1 is 1.21 bits per heavy atom.